The van der Waals surface area contributed by atoms with Crippen LogP contribution in [0, 0.1) is 6.92 Å². The summed E-state index contributed by atoms with van der Waals surface area (Å²) >= 11 is 0. The minimum Gasteiger partial charge on any atom is -0.497 e. The SMILES string of the molecule is COc1ccc(OC)c(N(CC(=O)NCc2ccccc2CN2CCCC2=O)S(=O)(=O)c2ccc(C)cc2)c1. The van der Waals surface area contributed by atoms with Gasteiger partial charge < -0.3 is 19.7 Å². The molecule has 4 rings (SSSR count). The van der Waals surface area contributed by atoms with Crippen molar-refractivity contribution in [1.29, 1.82) is 0 Å². The number of hydrogen-bond donors (Lipinski definition) is 1. The van der Waals surface area contributed by atoms with Gasteiger partial charge in [-0.3, -0.25) is 13.9 Å². The van der Waals surface area contributed by atoms with E-state index in [4.69, 9.17) is 9.47 Å². The third-order valence-corrected chi connectivity index (χ3v) is 8.45. The Kier molecular flexibility index (Phi) is 8.75. The van der Waals surface area contributed by atoms with Crippen molar-refractivity contribution in [2.24, 2.45) is 0 Å². The van der Waals surface area contributed by atoms with Gasteiger partial charge in [0.2, 0.25) is 11.8 Å². The Labute approximate surface area is 229 Å². The van der Waals surface area contributed by atoms with Crippen LogP contribution in [0.1, 0.15) is 29.5 Å². The van der Waals surface area contributed by atoms with Crippen LogP contribution in [0.4, 0.5) is 5.69 Å². The third-order valence-electron chi connectivity index (χ3n) is 6.68. The van der Waals surface area contributed by atoms with Gasteiger partial charge in [0, 0.05) is 32.1 Å². The number of likely N-dealkylation sites (tertiary alicyclic amines) is 1. The van der Waals surface area contributed by atoms with E-state index < -0.39 is 22.5 Å². The van der Waals surface area contributed by atoms with Gasteiger partial charge in [-0.15, -0.1) is 0 Å². The zero-order valence-electron chi connectivity index (χ0n) is 22.3. The number of nitrogens with zero attached hydrogens (tertiary/aromatic N) is 2. The van der Waals surface area contributed by atoms with Gasteiger partial charge in [-0.1, -0.05) is 42.0 Å². The Bertz CT molecular complexity index is 1440. The predicted octanol–water partition coefficient (Wildman–Crippen LogP) is 3.65. The molecule has 0 spiro atoms. The Morgan fingerprint density at radius 1 is 1.00 bits per heavy atom. The highest BCUT2D eigenvalue weighted by Gasteiger charge is 2.30. The number of aryl methyl sites for hydroxylation is 1. The third kappa shape index (κ3) is 6.51. The van der Waals surface area contributed by atoms with E-state index in [2.05, 4.69) is 5.32 Å². The van der Waals surface area contributed by atoms with E-state index in [1.54, 1.807) is 24.3 Å². The molecular formula is C29H33N3O6S. The first-order chi connectivity index (χ1) is 18.7. The summed E-state index contributed by atoms with van der Waals surface area (Å²) in [6, 6.07) is 18.8. The van der Waals surface area contributed by atoms with Gasteiger partial charge in [0.1, 0.15) is 18.0 Å². The van der Waals surface area contributed by atoms with Crippen LogP contribution in [0.3, 0.4) is 0 Å². The zero-order chi connectivity index (χ0) is 28.0. The molecule has 1 aliphatic rings. The molecule has 1 aliphatic heterocycles. The van der Waals surface area contributed by atoms with E-state index in [9.17, 15) is 18.0 Å². The van der Waals surface area contributed by atoms with Gasteiger partial charge in [0.25, 0.3) is 10.0 Å². The van der Waals surface area contributed by atoms with Gasteiger partial charge >= 0.3 is 0 Å². The molecule has 0 unspecified atom stereocenters. The molecular weight excluding hydrogens is 518 g/mol. The van der Waals surface area contributed by atoms with Crippen LogP contribution in [-0.2, 0) is 32.7 Å². The Morgan fingerprint density at radius 2 is 1.72 bits per heavy atom. The largest absolute Gasteiger partial charge is 0.497 e. The maximum atomic E-state index is 13.8. The molecule has 206 valence electrons. The van der Waals surface area contributed by atoms with E-state index in [1.165, 1.54) is 32.4 Å². The number of methoxy groups -OCH3 is 2. The van der Waals surface area contributed by atoms with Crippen LogP contribution in [0.25, 0.3) is 0 Å². The van der Waals surface area contributed by atoms with Gasteiger partial charge in [0.15, 0.2) is 0 Å². The van der Waals surface area contributed by atoms with Crippen LogP contribution < -0.4 is 19.1 Å². The second kappa shape index (κ2) is 12.2. The second-order valence-corrected chi connectivity index (χ2v) is 11.2. The fraction of sp³-hybridized carbons (Fsp3) is 0.310. The number of anilines is 1. The lowest BCUT2D eigenvalue weighted by Crippen LogP contribution is -2.41. The number of sulfonamides is 1. The molecule has 0 bridgehead atoms. The first-order valence-electron chi connectivity index (χ1n) is 12.7. The van der Waals surface area contributed by atoms with Gasteiger partial charge in [0.05, 0.1) is 24.8 Å². The molecule has 2 amide bonds. The molecule has 10 heteroatoms. The van der Waals surface area contributed by atoms with Crippen molar-refractivity contribution in [3.8, 4) is 11.5 Å². The van der Waals surface area contributed by atoms with Crippen molar-refractivity contribution in [1.82, 2.24) is 10.2 Å². The first kappa shape index (κ1) is 28.0. The zero-order valence-corrected chi connectivity index (χ0v) is 23.2. The van der Waals surface area contributed by atoms with Gasteiger partial charge in [-0.25, -0.2) is 8.42 Å². The van der Waals surface area contributed by atoms with E-state index in [0.29, 0.717) is 25.3 Å². The van der Waals surface area contributed by atoms with E-state index in [-0.39, 0.29) is 28.8 Å². The summed E-state index contributed by atoms with van der Waals surface area (Å²) in [4.78, 5) is 27.2. The van der Waals surface area contributed by atoms with Crippen LogP contribution in [0.5, 0.6) is 11.5 Å². The summed E-state index contributed by atoms with van der Waals surface area (Å²) in [6.45, 7) is 2.76. The number of amides is 2. The van der Waals surface area contributed by atoms with Gasteiger partial charge in [-0.05, 0) is 48.7 Å². The number of nitrogens with one attached hydrogen (secondary N) is 1. The molecule has 0 aliphatic carbocycles. The van der Waals surface area contributed by atoms with E-state index in [1.807, 2.05) is 36.1 Å². The monoisotopic (exact) mass is 551 g/mol. The summed E-state index contributed by atoms with van der Waals surface area (Å²) < 4.78 is 39.4. The van der Waals surface area contributed by atoms with Crippen molar-refractivity contribution < 1.29 is 27.5 Å². The number of carbonyl (C=O) groups is 2. The minimum absolute atomic E-state index is 0.0476. The fourth-order valence-electron chi connectivity index (χ4n) is 4.47. The maximum Gasteiger partial charge on any atom is 0.264 e. The minimum atomic E-state index is -4.14. The Balaban J connectivity index is 1.59. The highest BCUT2D eigenvalue weighted by molar-refractivity contribution is 7.92. The van der Waals surface area contributed by atoms with Crippen molar-refractivity contribution in [3.05, 3.63) is 83.4 Å². The number of rotatable bonds is 11. The number of carbonyl (C=O) groups excluding carboxylic acids is 2. The summed E-state index contributed by atoms with van der Waals surface area (Å²) in [6.07, 6.45) is 1.40. The lowest BCUT2D eigenvalue weighted by molar-refractivity contribution is -0.128. The fourth-order valence-corrected chi connectivity index (χ4v) is 5.89. The van der Waals surface area contributed by atoms with E-state index in [0.717, 1.165) is 27.4 Å². The molecule has 3 aromatic carbocycles. The number of ether oxygens (including phenoxy) is 2. The molecule has 0 saturated carbocycles. The summed E-state index contributed by atoms with van der Waals surface area (Å²) in [7, 11) is -1.23. The molecule has 3 aromatic rings. The van der Waals surface area contributed by atoms with Crippen molar-refractivity contribution in [2.45, 2.75) is 37.8 Å². The normalized spacial score (nSPS) is 13.3. The van der Waals surface area contributed by atoms with Crippen LogP contribution in [0.2, 0.25) is 0 Å². The highest BCUT2D eigenvalue weighted by atomic mass is 32.2. The Morgan fingerprint density at radius 3 is 2.36 bits per heavy atom. The average Bonchev–Trinajstić information content (AvgIpc) is 3.34. The van der Waals surface area contributed by atoms with Crippen LogP contribution >= 0.6 is 0 Å². The lowest BCUT2D eigenvalue weighted by Gasteiger charge is -2.26. The highest BCUT2D eigenvalue weighted by Crippen LogP contribution is 2.35. The molecule has 0 radical (unpaired) electrons. The molecule has 1 N–H and O–H groups in total. The van der Waals surface area contributed by atoms with Gasteiger partial charge in [-0.2, -0.15) is 0 Å². The van der Waals surface area contributed by atoms with E-state index >= 15 is 0 Å². The summed E-state index contributed by atoms with van der Waals surface area (Å²) in [5.41, 5.74) is 2.89. The average molecular weight is 552 g/mol. The smallest absolute Gasteiger partial charge is 0.264 e. The van der Waals surface area contributed by atoms with Crippen molar-refractivity contribution in [3.63, 3.8) is 0 Å². The van der Waals surface area contributed by atoms with Crippen molar-refractivity contribution >= 4 is 27.5 Å². The van der Waals surface area contributed by atoms with Crippen LogP contribution in [0.15, 0.2) is 71.6 Å². The molecule has 9 nitrogen and oxygen atoms in total. The number of hydrogen-bond acceptors (Lipinski definition) is 6. The molecule has 39 heavy (non-hydrogen) atoms. The maximum absolute atomic E-state index is 13.8. The molecule has 0 atom stereocenters. The summed E-state index contributed by atoms with van der Waals surface area (Å²) in [5.74, 6) is 0.321. The molecule has 1 fully saturated rings. The predicted molar refractivity (Wildman–Crippen MR) is 148 cm³/mol. The second-order valence-electron chi connectivity index (χ2n) is 9.33. The molecule has 0 aromatic heterocycles. The summed E-state index contributed by atoms with van der Waals surface area (Å²) in [5, 5.41) is 2.85. The Hall–Kier alpha value is -4.05. The topological polar surface area (TPSA) is 105 Å². The van der Waals surface area contributed by atoms with Crippen LogP contribution in [-0.4, -0.2) is 52.4 Å². The standard InChI is InChI=1S/C29H33N3O6S/c1-21-10-13-25(14-11-21)39(35,36)32(26-17-24(37-2)12-15-27(26)38-3)20-28(33)30-18-22-7-4-5-8-23(22)19-31-16-6-9-29(31)34/h4-5,7-8,10-15,17H,6,9,16,18-20H2,1-3H3,(H,30,33). The van der Waals surface area contributed by atoms with Crippen molar-refractivity contribution in [2.75, 3.05) is 31.6 Å². The lowest BCUT2D eigenvalue weighted by atomic mass is 10.1. The first-order valence-corrected chi connectivity index (χ1v) is 14.1. The number of benzene rings is 3. The molecule has 1 saturated heterocycles. The quantitative estimate of drug-likeness (QED) is 0.390. The molecule has 1 heterocycles.